The van der Waals surface area contributed by atoms with Crippen LogP contribution in [0.2, 0.25) is 0 Å². The first-order valence-electron chi connectivity index (χ1n) is 4.86. The molecule has 3 heteroatoms. The maximum Gasteiger partial charge on any atom is 0.0960 e. The number of morpholine rings is 1. The van der Waals surface area contributed by atoms with Gasteiger partial charge in [0.1, 0.15) is 0 Å². The van der Waals surface area contributed by atoms with Crippen LogP contribution in [0.1, 0.15) is 17.2 Å². The highest BCUT2D eigenvalue weighted by Gasteiger charge is 2.17. The van der Waals surface area contributed by atoms with Crippen LogP contribution in [-0.4, -0.2) is 19.7 Å². The van der Waals surface area contributed by atoms with Gasteiger partial charge in [-0.1, -0.05) is 33.6 Å². The number of nitrogens with one attached hydrogen (secondary N) is 1. The Morgan fingerprint density at radius 2 is 2.36 bits per heavy atom. The van der Waals surface area contributed by atoms with Crippen molar-refractivity contribution in [3.8, 4) is 0 Å². The lowest BCUT2D eigenvalue weighted by Crippen LogP contribution is -2.33. The highest BCUT2D eigenvalue weighted by molar-refractivity contribution is 9.10. The minimum absolute atomic E-state index is 0.193. The molecule has 0 radical (unpaired) electrons. The van der Waals surface area contributed by atoms with Crippen LogP contribution in [0.3, 0.4) is 0 Å². The smallest absolute Gasteiger partial charge is 0.0960 e. The van der Waals surface area contributed by atoms with Crippen LogP contribution in [0.15, 0.2) is 22.7 Å². The molecule has 0 bridgehead atoms. The van der Waals surface area contributed by atoms with Gasteiger partial charge in [-0.2, -0.15) is 0 Å². The summed E-state index contributed by atoms with van der Waals surface area (Å²) in [6.07, 6.45) is 0.193. The summed E-state index contributed by atoms with van der Waals surface area (Å²) in [6.45, 7) is 4.76. The second-order valence-electron chi connectivity index (χ2n) is 3.59. The molecule has 1 aliphatic rings. The first-order valence-corrected chi connectivity index (χ1v) is 5.65. The zero-order valence-electron chi connectivity index (χ0n) is 8.22. The molecule has 1 unspecified atom stereocenters. The van der Waals surface area contributed by atoms with Gasteiger partial charge in [0.15, 0.2) is 0 Å². The van der Waals surface area contributed by atoms with E-state index in [1.807, 2.05) is 0 Å². The monoisotopic (exact) mass is 255 g/mol. The van der Waals surface area contributed by atoms with Gasteiger partial charge in [-0.3, -0.25) is 0 Å². The largest absolute Gasteiger partial charge is 0.371 e. The van der Waals surface area contributed by atoms with Crippen molar-refractivity contribution >= 4 is 15.9 Å². The fourth-order valence-corrected chi connectivity index (χ4v) is 2.18. The molecule has 1 atom stereocenters. The Kier molecular flexibility index (Phi) is 3.21. The first kappa shape index (κ1) is 10.1. The van der Waals surface area contributed by atoms with E-state index in [2.05, 4.69) is 46.4 Å². The van der Waals surface area contributed by atoms with E-state index in [0.29, 0.717) is 0 Å². The summed E-state index contributed by atoms with van der Waals surface area (Å²) in [5.74, 6) is 0. The van der Waals surface area contributed by atoms with Crippen molar-refractivity contribution in [1.82, 2.24) is 5.32 Å². The number of rotatable bonds is 1. The summed E-state index contributed by atoms with van der Waals surface area (Å²) in [5, 5.41) is 3.33. The highest BCUT2D eigenvalue weighted by Crippen LogP contribution is 2.27. The highest BCUT2D eigenvalue weighted by atomic mass is 79.9. The Morgan fingerprint density at radius 3 is 3.07 bits per heavy atom. The Labute approximate surface area is 92.8 Å². The quantitative estimate of drug-likeness (QED) is 0.833. The number of ether oxygens (including phenoxy) is 1. The molecule has 1 aromatic carbocycles. The van der Waals surface area contributed by atoms with Crippen molar-refractivity contribution in [3.05, 3.63) is 33.8 Å². The normalized spacial score (nSPS) is 22.3. The second-order valence-corrected chi connectivity index (χ2v) is 4.44. The van der Waals surface area contributed by atoms with Gasteiger partial charge >= 0.3 is 0 Å². The van der Waals surface area contributed by atoms with E-state index in [1.54, 1.807) is 0 Å². The Bertz CT molecular complexity index is 321. The fraction of sp³-hybridized carbons (Fsp3) is 0.455. The molecule has 0 spiro atoms. The zero-order valence-corrected chi connectivity index (χ0v) is 9.80. The molecule has 1 N–H and O–H groups in total. The Balaban J connectivity index is 2.24. The van der Waals surface area contributed by atoms with E-state index in [4.69, 9.17) is 4.74 Å². The number of benzene rings is 1. The van der Waals surface area contributed by atoms with Gasteiger partial charge in [0, 0.05) is 17.6 Å². The van der Waals surface area contributed by atoms with Gasteiger partial charge in [-0.25, -0.2) is 0 Å². The minimum atomic E-state index is 0.193. The molecule has 2 rings (SSSR count). The van der Waals surface area contributed by atoms with Crippen LogP contribution < -0.4 is 5.32 Å². The lowest BCUT2D eigenvalue weighted by Gasteiger charge is -2.25. The lowest BCUT2D eigenvalue weighted by atomic mass is 10.1. The lowest BCUT2D eigenvalue weighted by molar-refractivity contribution is 0.0272. The number of hydrogen-bond donors (Lipinski definition) is 1. The number of halogens is 1. The standard InChI is InChI=1S/C11H14BrNO/c1-8-2-3-10(12)9(6-8)11-7-13-4-5-14-11/h2-3,6,11,13H,4-5,7H2,1H3. The Morgan fingerprint density at radius 1 is 1.50 bits per heavy atom. The van der Waals surface area contributed by atoms with Crippen molar-refractivity contribution in [2.45, 2.75) is 13.0 Å². The molecule has 1 heterocycles. The van der Waals surface area contributed by atoms with Crippen LogP contribution in [0, 0.1) is 6.92 Å². The van der Waals surface area contributed by atoms with Crippen molar-refractivity contribution in [2.75, 3.05) is 19.7 Å². The summed E-state index contributed by atoms with van der Waals surface area (Å²) in [4.78, 5) is 0. The summed E-state index contributed by atoms with van der Waals surface area (Å²) in [7, 11) is 0. The summed E-state index contributed by atoms with van der Waals surface area (Å²) < 4.78 is 6.84. The van der Waals surface area contributed by atoms with E-state index in [-0.39, 0.29) is 6.10 Å². The SMILES string of the molecule is Cc1ccc(Br)c(C2CNCCO2)c1. The predicted molar refractivity (Wildman–Crippen MR) is 60.4 cm³/mol. The molecular weight excluding hydrogens is 242 g/mol. The maximum absolute atomic E-state index is 5.71. The molecule has 1 saturated heterocycles. The van der Waals surface area contributed by atoms with E-state index in [9.17, 15) is 0 Å². The molecule has 0 aromatic heterocycles. The van der Waals surface area contributed by atoms with Crippen LogP contribution >= 0.6 is 15.9 Å². The van der Waals surface area contributed by atoms with Crippen LogP contribution in [-0.2, 0) is 4.74 Å². The molecule has 1 aliphatic heterocycles. The average molecular weight is 256 g/mol. The van der Waals surface area contributed by atoms with Crippen molar-refractivity contribution in [1.29, 1.82) is 0 Å². The second kappa shape index (κ2) is 4.43. The van der Waals surface area contributed by atoms with Gasteiger partial charge in [0.05, 0.1) is 12.7 Å². The molecule has 0 saturated carbocycles. The predicted octanol–water partition coefficient (Wildman–Crippen LogP) is 2.42. The molecule has 0 aliphatic carbocycles. The van der Waals surface area contributed by atoms with Gasteiger partial charge in [-0.15, -0.1) is 0 Å². The van der Waals surface area contributed by atoms with Crippen molar-refractivity contribution in [3.63, 3.8) is 0 Å². The average Bonchev–Trinajstić information content (AvgIpc) is 2.23. The van der Waals surface area contributed by atoms with Crippen LogP contribution in [0.25, 0.3) is 0 Å². The molecule has 1 aromatic rings. The third-order valence-electron chi connectivity index (χ3n) is 2.43. The summed E-state index contributed by atoms with van der Waals surface area (Å²) >= 11 is 3.56. The fourth-order valence-electron chi connectivity index (χ4n) is 1.68. The van der Waals surface area contributed by atoms with Gasteiger partial charge < -0.3 is 10.1 Å². The van der Waals surface area contributed by atoms with Gasteiger partial charge in [0.25, 0.3) is 0 Å². The van der Waals surface area contributed by atoms with Crippen molar-refractivity contribution < 1.29 is 4.74 Å². The molecular formula is C11H14BrNO. The van der Waals surface area contributed by atoms with Crippen molar-refractivity contribution in [2.24, 2.45) is 0 Å². The molecule has 76 valence electrons. The van der Waals surface area contributed by atoms with E-state index < -0.39 is 0 Å². The van der Waals surface area contributed by atoms with Gasteiger partial charge in [0.2, 0.25) is 0 Å². The third kappa shape index (κ3) is 2.16. The topological polar surface area (TPSA) is 21.3 Å². The van der Waals surface area contributed by atoms with Crippen LogP contribution in [0.4, 0.5) is 0 Å². The number of hydrogen-bond acceptors (Lipinski definition) is 2. The number of aryl methyl sites for hydroxylation is 1. The van der Waals surface area contributed by atoms with E-state index in [1.165, 1.54) is 11.1 Å². The van der Waals surface area contributed by atoms with Gasteiger partial charge in [-0.05, 0) is 18.6 Å². The summed E-state index contributed by atoms with van der Waals surface area (Å²) in [5.41, 5.74) is 2.52. The van der Waals surface area contributed by atoms with E-state index in [0.717, 1.165) is 24.2 Å². The minimum Gasteiger partial charge on any atom is -0.371 e. The third-order valence-corrected chi connectivity index (χ3v) is 3.15. The molecule has 1 fully saturated rings. The maximum atomic E-state index is 5.71. The molecule has 2 nitrogen and oxygen atoms in total. The van der Waals surface area contributed by atoms with E-state index >= 15 is 0 Å². The van der Waals surface area contributed by atoms with Crippen LogP contribution in [0.5, 0.6) is 0 Å². The first-order chi connectivity index (χ1) is 6.77. The zero-order chi connectivity index (χ0) is 9.97. The summed E-state index contributed by atoms with van der Waals surface area (Å²) in [6, 6.07) is 6.37. The molecule has 14 heavy (non-hydrogen) atoms. The molecule has 0 amide bonds. The Hall–Kier alpha value is -0.380.